The van der Waals surface area contributed by atoms with Gasteiger partial charge in [0.1, 0.15) is 6.54 Å². The molecule has 2 aliphatic heterocycles. The molecule has 1 saturated heterocycles. The Bertz CT molecular complexity index is 1090. The van der Waals surface area contributed by atoms with Gasteiger partial charge >= 0.3 is 0 Å². The molecule has 0 radical (unpaired) electrons. The Labute approximate surface area is 187 Å². The van der Waals surface area contributed by atoms with Crippen LogP contribution in [0.25, 0.3) is 10.7 Å². The van der Waals surface area contributed by atoms with Crippen LogP contribution in [-0.2, 0) is 20.9 Å². The third-order valence-corrected chi connectivity index (χ3v) is 7.08. The topological polar surface area (TPSA) is 89.4 Å². The maximum atomic E-state index is 13.0. The number of hydrogen-bond donors (Lipinski definition) is 1. The fourth-order valence-electron chi connectivity index (χ4n) is 3.80. The van der Waals surface area contributed by atoms with E-state index >= 15 is 0 Å². The summed E-state index contributed by atoms with van der Waals surface area (Å²) in [6.07, 6.45) is 2.19. The summed E-state index contributed by atoms with van der Waals surface area (Å²) in [5, 5.41) is 14.3. The molecule has 1 aromatic carbocycles. The second kappa shape index (κ2) is 8.81. The fourth-order valence-corrected chi connectivity index (χ4v) is 5.34. The molecule has 0 unspecified atom stereocenters. The minimum atomic E-state index is -0.196. The summed E-state index contributed by atoms with van der Waals surface area (Å²) >= 11 is 2.95. The molecule has 0 aliphatic carbocycles. The first kappa shape index (κ1) is 20.2. The summed E-state index contributed by atoms with van der Waals surface area (Å²) in [6, 6.07) is 11.3. The number of ether oxygens (including phenoxy) is 1. The zero-order valence-electron chi connectivity index (χ0n) is 16.7. The number of hydrogen-bond acceptors (Lipinski definition) is 7. The van der Waals surface area contributed by atoms with E-state index in [1.807, 2.05) is 35.7 Å². The van der Waals surface area contributed by atoms with E-state index in [2.05, 4.69) is 20.1 Å². The molecule has 8 nitrogen and oxygen atoms in total. The van der Waals surface area contributed by atoms with Crippen LogP contribution in [0.15, 0.2) is 46.9 Å². The second-order valence-corrected chi connectivity index (χ2v) is 9.25. The summed E-state index contributed by atoms with van der Waals surface area (Å²) in [5.74, 6) is 0.619. The van der Waals surface area contributed by atoms with Gasteiger partial charge in [-0.1, -0.05) is 30.0 Å². The Hall–Kier alpha value is -2.69. The summed E-state index contributed by atoms with van der Waals surface area (Å²) in [4.78, 5) is 27.6. The molecule has 4 heterocycles. The number of nitrogens with one attached hydrogen (secondary N) is 1. The summed E-state index contributed by atoms with van der Waals surface area (Å²) in [7, 11) is 0. The monoisotopic (exact) mass is 455 g/mol. The molecule has 0 saturated carbocycles. The largest absolute Gasteiger partial charge is 0.376 e. The molecular formula is C21H21N5O3S2. The number of amides is 2. The van der Waals surface area contributed by atoms with Gasteiger partial charge in [-0.25, -0.2) is 0 Å². The minimum absolute atomic E-state index is 0.0133. The van der Waals surface area contributed by atoms with E-state index in [1.165, 1.54) is 16.7 Å². The van der Waals surface area contributed by atoms with Gasteiger partial charge in [0.05, 0.1) is 34.7 Å². The molecule has 3 aromatic rings. The summed E-state index contributed by atoms with van der Waals surface area (Å²) < 4.78 is 7.88. The van der Waals surface area contributed by atoms with Crippen LogP contribution in [0.1, 0.15) is 12.8 Å². The number of anilines is 2. The zero-order valence-corrected chi connectivity index (χ0v) is 18.3. The highest BCUT2D eigenvalue weighted by atomic mass is 32.2. The van der Waals surface area contributed by atoms with Crippen LogP contribution in [0.3, 0.4) is 0 Å². The number of benzene rings is 1. The van der Waals surface area contributed by atoms with E-state index in [-0.39, 0.29) is 30.2 Å². The van der Waals surface area contributed by atoms with E-state index in [9.17, 15) is 9.59 Å². The molecule has 1 N–H and O–H groups in total. The lowest BCUT2D eigenvalue weighted by Gasteiger charge is -2.29. The number of para-hydroxylation sites is 2. The molecule has 5 rings (SSSR count). The Kier molecular flexibility index (Phi) is 5.75. The van der Waals surface area contributed by atoms with Gasteiger partial charge < -0.3 is 15.0 Å². The minimum Gasteiger partial charge on any atom is -0.376 e. The normalized spacial score (nSPS) is 18.1. The molecule has 160 valence electrons. The smallest absolute Gasteiger partial charge is 0.244 e. The quantitative estimate of drug-likeness (QED) is 0.574. The Morgan fingerprint density at radius 3 is 2.97 bits per heavy atom. The molecule has 0 bridgehead atoms. The van der Waals surface area contributed by atoms with Gasteiger partial charge in [-0.05, 0) is 36.4 Å². The van der Waals surface area contributed by atoms with Crippen molar-refractivity contribution in [1.82, 2.24) is 14.8 Å². The van der Waals surface area contributed by atoms with Gasteiger partial charge in [0, 0.05) is 6.61 Å². The predicted molar refractivity (Wildman–Crippen MR) is 120 cm³/mol. The van der Waals surface area contributed by atoms with Crippen molar-refractivity contribution >= 4 is 46.3 Å². The highest BCUT2D eigenvalue weighted by Crippen LogP contribution is 2.32. The van der Waals surface area contributed by atoms with Crippen LogP contribution in [-0.4, -0.2) is 51.6 Å². The van der Waals surface area contributed by atoms with Crippen molar-refractivity contribution in [2.24, 2.45) is 0 Å². The van der Waals surface area contributed by atoms with Crippen LogP contribution >= 0.6 is 23.1 Å². The summed E-state index contributed by atoms with van der Waals surface area (Å²) in [6.45, 7) is 1.45. The van der Waals surface area contributed by atoms with Crippen molar-refractivity contribution in [2.45, 2.75) is 30.6 Å². The Morgan fingerprint density at radius 1 is 1.26 bits per heavy atom. The van der Waals surface area contributed by atoms with Crippen LogP contribution in [0.2, 0.25) is 0 Å². The maximum absolute atomic E-state index is 13.0. The van der Waals surface area contributed by atoms with E-state index < -0.39 is 0 Å². The Balaban J connectivity index is 1.35. The standard InChI is InChI=1S/C21H21N5O3S2/c27-18-12-25(16-7-2-1-6-15(16)22-18)19(28)13-31-21-24-23-20(17-8-4-10-30-17)26(21)11-14-5-3-9-29-14/h1-2,4,6-8,10,14H,3,5,9,11-13H2,(H,22,27)/t14-/m1/s1. The number of carbonyl (C=O) groups excluding carboxylic acids is 2. The van der Waals surface area contributed by atoms with Crippen LogP contribution in [0.4, 0.5) is 11.4 Å². The predicted octanol–water partition coefficient (Wildman–Crippen LogP) is 3.26. The van der Waals surface area contributed by atoms with Gasteiger partial charge in [-0.15, -0.1) is 21.5 Å². The molecule has 31 heavy (non-hydrogen) atoms. The van der Waals surface area contributed by atoms with Gasteiger partial charge in [0.15, 0.2) is 11.0 Å². The van der Waals surface area contributed by atoms with Crippen LogP contribution in [0.5, 0.6) is 0 Å². The third-order valence-electron chi connectivity index (χ3n) is 5.27. The van der Waals surface area contributed by atoms with Crippen molar-refractivity contribution in [1.29, 1.82) is 0 Å². The lowest BCUT2D eigenvalue weighted by molar-refractivity contribution is -0.120. The number of thiophene rings is 1. The number of rotatable bonds is 6. The number of nitrogens with zero attached hydrogens (tertiary/aromatic N) is 4. The highest BCUT2D eigenvalue weighted by Gasteiger charge is 2.28. The average Bonchev–Trinajstić information content (AvgIpc) is 3.54. The maximum Gasteiger partial charge on any atom is 0.244 e. The first-order chi connectivity index (χ1) is 15.2. The first-order valence-corrected chi connectivity index (χ1v) is 12.0. The van der Waals surface area contributed by atoms with E-state index in [0.29, 0.717) is 23.1 Å². The summed E-state index contributed by atoms with van der Waals surface area (Å²) in [5.41, 5.74) is 1.37. The van der Waals surface area contributed by atoms with Crippen molar-refractivity contribution in [2.75, 3.05) is 29.1 Å². The van der Waals surface area contributed by atoms with Gasteiger partial charge in [0.25, 0.3) is 0 Å². The van der Waals surface area contributed by atoms with E-state index in [4.69, 9.17) is 4.74 Å². The molecule has 2 aliphatic rings. The van der Waals surface area contributed by atoms with Crippen molar-refractivity contribution in [3.05, 3.63) is 41.8 Å². The molecule has 2 aromatic heterocycles. The first-order valence-electron chi connectivity index (χ1n) is 10.1. The lowest BCUT2D eigenvalue weighted by atomic mass is 10.2. The lowest BCUT2D eigenvalue weighted by Crippen LogP contribution is -2.43. The van der Waals surface area contributed by atoms with Gasteiger partial charge in [-0.2, -0.15) is 0 Å². The molecule has 1 fully saturated rings. The number of fused-ring (bicyclic) bond motifs is 1. The van der Waals surface area contributed by atoms with Crippen molar-refractivity contribution in [3.8, 4) is 10.7 Å². The van der Waals surface area contributed by atoms with E-state index in [0.717, 1.165) is 30.2 Å². The highest BCUT2D eigenvalue weighted by molar-refractivity contribution is 7.99. The average molecular weight is 456 g/mol. The zero-order chi connectivity index (χ0) is 21.2. The fraction of sp³-hybridized carbons (Fsp3) is 0.333. The van der Waals surface area contributed by atoms with Crippen LogP contribution < -0.4 is 10.2 Å². The number of thioether (sulfide) groups is 1. The molecule has 2 amide bonds. The van der Waals surface area contributed by atoms with Crippen LogP contribution in [0, 0.1) is 0 Å². The molecule has 10 heteroatoms. The molecule has 1 atom stereocenters. The van der Waals surface area contributed by atoms with Gasteiger partial charge in [-0.3, -0.25) is 14.2 Å². The van der Waals surface area contributed by atoms with E-state index in [1.54, 1.807) is 17.4 Å². The molecular weight excluding hydrogens is 434 g/mol. The second-order valence-electron chi connectivity index (χ2n) is 7.36. The SMILES string of the molecule is O=C1CN(C(=O)CSc2nnc(-c3cccs3)n2C[C@H]2CCCO2)c2ccccc2N1. The third kappa shape index (κ3) is 4.23. The van der Waals surface area contributed by atoms with Gasteiger partial charge in [0.2, 0.25) is 11.8 Å². The van der Waals surface area contributed by atoms with Crippen molar-refractivity contribution < 1.29 is 14.3 Å². The number of carbonyl (C=O) groups is 2. The Morgan fingerprint density at radius 2 is 2.16 bits per heavy atom. The number of aromatic nitrogens is 3. The molecule has 0 spiro atoms. The van der Waals surface area contributed by atoms with Crippen molar-refractivity contribution in [3.63, 3.8) is 0 Å².